The summed E-state index contributed by atoms with van der Waals surface area (Å²) in [5.41, 5.74) is 0.0506. The van der Waals surface area contributed by atoms with E-state index in [1.54, 1.807) is 0 Å². The highest BCUT2D eigenvalue weighted by molar-refractivity contribution is 5.58. The molecule has 0 aromatic carbocycles. The number of anilines is 1. The number of nitrogens with zero attached hydrogens (tertiary/aromatic N) is 4. The van der Waals surface area contributed by atoms with Gasteiger partial charge in [-0.2, -0.15) is 5.26 Å². The van der Waals surface area contributed by atoms with Gasteiger partial charge in [-0.15, -0.1) is 0 Å². The first-order valence-corrected chi connectivity index (χ1v) is 6.64. The molecule has 106 valence electrons. The molecule has 0 saturated carbocycles. The van der Waals surface area contributed by atoms with Gasteiger partial charge in [0.1, 0.15) is 6.07 Å². The summed E-state index contributed by atoms with van der Waals surface area (Å²) in [6.07, 6.45) is 2.44. The third-order valence-electron chi connectivity index (χ3n) is 3.57. The number of rotatable bonds is 5. The van der Waals surface area contributed by atoms with Crippen molar-refractivity contribution in [2.75, 3.05) is 31.5 Å². The first-order valence-electron chi connectivity index (χ1n) is 6.64. The average Bonchev–Trinajstić information content (AvgIpc) is 2.92. The molecule has 1 aliphatic rings. The minimum atomic E-state index is -0.511. The summed E-state index contributed by atoms with van der Waals surface area (Å²) >= 11 is 0. The number of nitriles is 1. The Labute approximate surface area is 117 Å². The second kappa shape index (κ2) is 6.30. The highest BCUT2D eigenvalue weighted by atomic mass is 16.6. The van der Waals surface area contributed by atoms with Crippen LogP contribution in [0, 0.1) is 27.4 Å². The zero-order valence-electron chi connectivity index (χ0n) is 11.4. The van der Waals surface area contributed by atoms with E-state index in [4.69, 9.17) is 5.26 Å². The van der Waals surface area contributed by atoms with Crippen LogP contribution in [0.25, 0.3) is 0 Å². The summed E-state index contributed by atoms with van der Waals surface area (Å²) in [5, 5.41) is 22.8. The van der Waals surface area contributed by atoms with Gasteiger partial charge in [0, 0.05) is 25.4 Å². The predicted octanol–water partition coefficient (Wildman–Crippen LogP) is 1.62. The van der Waals surface area contributed by atoms with Gasteiger partial charge >= 0.3 is 5.69 Å². The Morgan fingerprint density at radius 1 is 1.70 bits per heavy atom. The van der Waals surface area contributed by atoms with Crippen LogP contribution in [0.4, 0.5) is 11.5 Å². The lowest BCUT2D eigenvalue weighted by atomic mass is 10.1. The second-order valence-electron chi connectivity index (χ2n) is 4.89. The normalized spacial score (nSPS) is 18.7. The van der Waals surface area contributed by atoms with Crippen LogP contribution in [-0.2, 0) is 0 Å². The van der Waals surface area contributed by atoms with Crippen molar-refractivity contribution in [2.45, 2.75) is 13.3 Å². The van der Waals surface area contributed by atoms with Crippen LogP contribution in [-0.4, -0.2) is 41.0 Å². The highest BCUT2D eigenvalue weighted by Gasteiger charge is 2.22. The molecule has 0 radical (unpaired) electrons. The Morgan fingerprint density at radius 2 is 2.50 bits per heavy atom. The fourth-order valence-electron chi connectivity index (χ4n) is 2.40. The zero-order chi connectivity index (χ0) is 14.5. The molecule has 0 spiro atoms. The van der Waals surface area contributed by atoms with Crippen LogP contribution in [0.5, 0.6) is 0 Å². The molecule has 0 amide bonds. The van der Waals surface area contributed by atoms with Crippen molar-refractivity contribution in [1.29, 1.82) is 5.26 Å². The molecule has 1 aliphatic heterocycles. The number of nitro groups is 1. The van der Waals surface area contributed by atoms with Gasteiger partial charge in [-0.1, -0.05) is 6.92 Å². The molecule has 0 aliphatic carbocycles. The molecular weight excluding hydrogens is 258 g/mol. The quantitative estimate of drug-likeness (QED) is 0.648. The van der Waals surface area contributed by atoms with E-state index in [-0.39, 0.29) is 17.1 Å². The molecule has 1 aromatic heterocycles. The predicted molar refractivity (Wildman–Crippen MR) is 74.3 cm³/mol. The zero-order valence-corrected chi connectivity index (χ0v) is 11.4. The van der Waals surface area contributed by atoms with Crippen LogP contribution in [0.2, 0.25) is 0 Å². The summed E-state index contributed by atoms with van der Waals surface area (Å²) in [6, 6.07) is 3.11. The van der Waals surface area contributed by atoms with E-state index in [0.29, 0.717) is 12.5 Å². The van der Waals surface area contributed by atoms with E-state index in [0.717, 1.165) is 26.1 Å². The molecule has 1 unspecified atom stereocenters. The Kier molecular flexibility index (Phi) is 4.48. The SMILES string of the molecule is CCN1CCC(CNc2ncc(C#N)cc2[N+](=O)[O-])C1. The Morgan fingerprint density at radius 3 is 3.10 bits per heavy atom. The summed E-state index contributed by atoms with van der Waals surface area (Å²) in [6.45, 7) is 5.91. The van der Waals surface area contributed by atoms with E-state index >= 15 is 0 Å². The van der Waals surface area contributed by atoms with Crippen LogP contribution in [0.3, 0.4) is 0 Å². The molecule has 7 heteroatoms. The van der Waals surface area contributed by atoms with E-state index in [9.17, 15) is 10.1 Å². The molecular formula is C13H17N5O2. The smallest absolute Gasteiger partial charge is 0.312 e. The molecule has 0 bridgehead atoms. The summed E-state index contributed by atoms with van der Waals surface area (Å²) in [5.74, 6) is 0.718. The molecule has 1 N–H and O–H groups in total. The van der Waals surface area contributed by atoms with E-state index in [1.807, 2.05) is 6.07 Å². The topological polar surface area (TPSA) is 95.1 Å². The summed E-state index contributed by atoms with van der Waals surface area (Å²) < 4.78 is 0. The molecule has 1 saturated heterocycles. The van der Waals surface area contributed by atoms with Crippen molar-refractivity contribution >= 4 is 11.5 Å². The van der Waals surface area contributed by atoms with Crippen molar-refractivity contribution in [3.8, 4) is 6.07 Å². The minimum absolute atomic E-state index is 0.144. The number of pyridine rings is 1. The maximum absolute atomic E-state index is 11.0. The largest absolute Gasteiger partial charge is 0.364 e. The van der Waals surface area contributed by atoms with Gasteiger partial charge < -0.3 is 10.2 Å². The number of nitrogens with one attached hydrogen (secondary N) is 1. The van der Waals surface area contributed by atoms with Gasteiger partial charge in [-0.3, -0.25) is 10.1 Å². The Balaban J connectivity index is 2.03. The third kappa shape index (κ3) is 3.22. The Bertz CT molecular complexity index is 540. The van der Waals surface area contributed by atoms with Crippen LogP contribution >= 0.6 is 0 Å². The number of aromatic nitrogens is 1. The van der Waals surface area contributed by atoms with Crippen molar-refractivity contribution in [3.05, 3.63) is 27.9 Å². The Hall–Kier alpha value is -2.20. The lowest BCUT2D eigenvalue weighted by molar-refractivity contribution is -0.384. The molecule has 1 aromatic rings. The maximum Gasteiger partial charge on any atom is 0.312 e. The molecule has 1 fully saturated rings. The van der Waals surface area contributed by atoms with Crippen LogP contribution in [0.15, 0.2) is 12.3 Å². The number of hydrogen-bond donors (Lipinski definition) is 1. The van der Waals surface area contributed by atoms with Crippen molar-refractivity contribution < 1.29 is 4.92 Å². The van der Waals surface area contributed by atoms with Crippen molar-refractivity contribution in [3.63, 3.8) is 0 Å². The van der Waals surface area contributed by atoms with E-state index < -0.39 is 4.92 Å². The maximum atomic E-state index is 11.0. The third-order valence-corrected chi connectivity index (χ3v) is 3.57. The van der Waals surface area contributed by atoms with Gasteiger partial charge in [-0.25, -0.2) is 4.98 Å². The fourth-order valence-corrected chi connectivity index (χ4v) is 2.40. The van der Waals surface area contributed by atoms with Crippen LogP contribution in [0.1, 0.15) is 18.9 Å². The number of hydrogen-bond acceptors (Lipinski definition) is 6. The first-order chi connectivity index (χ1) is 9.63. The van der Waals surface area contributed by atoms with Gasteiger partial charge in [0.05, 0.1) is 10.5 Å². The monoisotopic (exact) mass is 275 g/mol. The lowest BCUT2D eigenvalue weighted by Crippen LogP contribution is -2.22. The number of likely N-dealkylation sites (tertiary alicyclic amines) is 1. The molecule has 7 nitrogen and oxygen atoms in total. The molecule has 1 atom stereocenters. The van der Waals surface area contributed by atoms with Crippen molar-refractivity contribution in [1.82, 2.24) is 9.88 Å². The van der Waals surface area contributed by atoms with E-state index in [2.05, 4.69) is 22.1 Å². The molecule has 2 rings (SSSR count). The minimum Gasteiger partial charge on any atom is -0.364 e. The fraction of sp³-hybridized carbons (Fsp3) is 0.538. The van der Waals surface area contributed by atoms with Crippen molar-refractivity contribution in [2.24, 2.45) is 5.92 Å². The summed E-state index contributed by atoms with van der Waals surface area (Å²) in [4.78, 5) is 16.8. The first kappa shape index (κ1) is 14.2. The molecule has 20 heavy (non-hydrogen) atoms. The van der Waals surface area contributed by atoms with E-state index in [1.165, 1.54) is 12.3 Å². The van der Waals surface area contributed by atoms with Gasteiger partial charge in [0.15, 0.2) is 0 Å². The van der Waals surface area contributed by atoms with Gasteiger partial charge in [-0.05, 0) is 25.4 Å². The standard InChI is InChI=1S/C13H17N5O2/c1-2-17-4-3-10(9-17)7-15-13-12(18(19)20)5-11(6-14)8-16-13/h5,8,10H,2-4,7,9H2,1H3,(H,15,16). The molecule has 2 heterocycles. The van der Waals surface area contributed by atoms with Crippen LogP contribution < -0.4 is 5.32 Å². The average molecular weight is 275 g/mol. The highest BCUT2D eigenvalue weighted by Crippen LogP contribution is 2.24. The lowest BCUT2D eigenvalue weighted by Gasteiger charge is -2.14. The summed E-state index contributed by atoms with van der Waals surface area (Å²) in [7, 11) is 0. The van der Waals surface area contributed by atoms with Gasteiger partial charge in [0.2, 0.25) is 5.82 Å². The second-order valence-corrected chi connectivity index (χ2v) is 4.89. The van der Waals surface area contributed by atoms with Gasteiger partial charge in [0.25, 0.3) is 0 Å².